The Bertz CT molecular complexity index is 566. The average Bonchev–Trinajstić information content (AvgIpc) is 2.82. The highest BCUT2D eigenvalue weighted by Crippen LogP contribution is 2.27. The van der Waals surface area contributed by atoms with Crippen molar-refractivity contribution < 1.29 is 4.74 Å². The van der Waals surface area contributed by atoms with Crippen molar-refractivity contribution in [3.8, 4) is 5.75 Å². The van der Waals surface area contributed by atoms with Crippen molar-refractivity contribution in [3.63, 3.8) is 0 Å². The zero-order chi connectivity index (χ0) is 13.8. The molecule has 5 heteroatoms. The van der Waals surface area contributed by atoms with E-state index in [0.717, 1.165) is 28.6 Å². The predicted octanol–water partition coefficient (Wildman–Crippen LogP) is 3.47. The van der Waals surface area contributed by atoms with Gasteiger partial charge in [0.25, 0.3) is 0 Å². The standard InChI is InChI=1S/C14H19N3OS/c1-5-15-14-12(16-17-19-14)8-18-13-10(3)7-6-9(2)11(13)4/h6-7,15H,5,8H2,1-4H3. The third kappa shape index (κ3) is 3.04. The van der Waals surface area contributed by atoms with Gasteiger partial charge in [-0.2, -0.15) is 0 Å². The minimum atomic E-state index is 0.448. The Morgan fingerprint density at radius 2 is 1.95 bits per heavy atom. The number of aromatic nitrogens is 2. The number of hydrogen-bond donors (Lipinski definition) is 1. The molecule has 4 nitrogen and oxygen atoms in total. The first-order valence-corrected chi connectivity index (χ1v) is 7.15. The first-order valence-electron chi connectivity index (χ1n) is 6.38. The van der Waals surface area contributed by atoms with E-state index in [9.17, 15) is 0 Å². The monoisotopic (exact) mass is 277 g/mol. The van der Waals surface area contributed by atoms with E-state index >= 15 is 0 Å². The van der Waals surface area contributed by atoms with Crippen LogP contribution in [-0.2, 0) is 6.61 Å². The number of nitrogens with zero attached hydrogens (tertiary/aromatic N) is 2. The van der Waals surface area contributed by atoms with Crippen molar-refractivity contribution in [3.05, 3.63) is 34.5 Å². The van der Waals surface area contributed by atoms with Crippen LogP contribution in [0.3, 0.4) is 0 Å². The highest BCUT2D eigenvalue weighted by Gasteiger charge is 2.11. The molecule has 19 heavy (non-hydrogen) atoms. The summed E-state index contributed by atoms with van der Waals surface area (Å²) in [4.78, 5) is 0. The lowest BCUT2D eigenvalue weighted by atomic mass is 10.1. The molecular weight excluding hydrogens is 258 g/mol. The Labute approximate surface area is 118 Å². The molecule has 0 amide bonds. The maximum atomic E-state index is 5.94. The number of hydrogen-bond acceptors (Lipinski definition) is 5. The number of aryl methyl sites for hydroxylation is 2. The van der Waals surface area contributed by atoms with Crippen molar-refractivity contribution in [1.82, 2.24) is 9.59 Å². The Kier molecular flexibility index (Phi) is 4.37. The molecule has 0 aliphatic heterocycles. The highest BCUT2D eigenvalue weighted by atomic mass is 32.1. The molecule has 1 heterocycles. The summed E-state index contributed by atoms with van der Waals surface area (Å²) >= 11 is 1.37. The molecule has 0 unspecified atom stereocenters. The second-order valence-corrected chi connectivity index (χ2v) is 5.28. The van der Waals surface area contributed by atoms with Crippen LogP contribution in [0.15, 0.2) is 12.1 Å². The fourth-order valence-electron chi connectivity index (χ4n) is 1.89. The van der Waals surface area contributed by atoms with E-state index in [1.165, 1.54) is 22.7 Å². The van der Waals surface area contributed by atoms with Crippen molar-refractivity contribution in [2.24, 2.45) is 0 Å². The molecule has 0 spiro atoms. The SMILES string of the molecule is CCNc1snnc1COc1c(C)ccc(C)c1C. The van der Waals surface area contributed by atoms with Gasteiger partial charge in [0.15, 0.2) is 0 Å². The first kappa shape index (κ1) is 13.8. The average molecular weight is 277 g/mol. The summed E-state index contributed by atoms with van der Waals surface area (Å²) in [6.45, 7) is 9.60. The summed E-state index contributed by atoms with van der Waals surface area (Å²) < 4.78 is 9.91. The van der Waals surface area contributed by atoms with Gasteiger partial charge in [0, 0.05) is 18.1 Å². The van der Waals surface area contributed by atoms with Crippen molar-refractivity contribution >= 4 is 16.5 Å². The summed E-state index contributed by atoms with van der Waals surface area (Å²) in [5.74, 6) is 0.954. The maximum absolute atomic E-state index is 5.94. The van der Waals surface area contributed by atoms with E-state index in [4.69, 9.17) is 4.74 Å². The quantitative estimate of drug-likeness (QED) is 0.909. The molecule has 1 aromatic carbocycles. The van der Waals surface area contributed by atoms with Gasteiger partial charge in [0.1, 0.15) is 23.1 Å². The molecule has 102 valence electrons. The van der Waals surface area contributed by atoms with Gasteiger partial charge in [-0.15, -0.1) is 5.10 Å². The molecule has 1 aromatic heterocycles. The Hall–Kier alpha value is -1.62. The summed E-state index contributed by atoms with van der Waals surface area (Å²) in [5, 5.41) is 8.35. The fraction of sp³-hybridized carbons (Fsp3) is 0.429. The molecule has 0 fully saturated rings. The summed E-state index contributed by atoms with van der Waals surface area (Å²) in [7, 11) is 0. The van der Waals surface area contributed by atoms with Gasteiger partial charge >= 0.3 is 0 Å². The molecule has 0 bridgehead atoms. The molecule has 2 aromatic rings. The summed E-state index contributed by atoms with van der Waals surface area (Å²) in [6.07, 6.45) is 0. The normalized spacial score (nSPS) is 10.5. The third-order valence-electron chi connectivity index (χ3n) is 3.12. The van der Waals surface area contributed by atoms with Crippen molar-refractivity contribution in [2.45, 2.75) is 34.3 Å². The summed E-state index contributed by atoms with van der Waals surface area (Å²) in [5.41, 5.74) is 4.44. The van der Waals surface area contributed by atoms with E-state index in [0.29, 0.717) is 6.61 Å². The van der Waals surface area contributed by atoms with Gasteiger partial charge in [-0.05, 0) is 44.4 Å². The molecule has 0 saturated heterocycles. The predicted molar refractivity (Wildman–Crippen MR) is 79.1 cm³/mol. The zero-order valence-corrected chi connectivity index (χ0v) is 12.6. The van der Waals surface area contributed by atoms with Crippen LogP contribution in [0.2, 0.25) is 0 Å². The van der Waals surface area contributed by atoms with Crippen LogP contribution in [-0.4, -0.2) is 16.1 Å². The number of nitrogens with one attached hydrogen (secondary N) is 1. The Morgan fingerprint density at radius 1 is 1.21 bits per heavy atom. The molecule has 2 rings (SSSR count). The molecule has 0 atom stereocenters. The maximum Gasteiger partial charge on any atom is 0.136 e. The first-order chi connectivity index (χ1) is 9.13. The van der Waals surface area contributed by atoms with Crippen molar-refractivity contribution in [2.75, 3.05) is 11.9 Å². The van der Waals surface area contributed by atoms with Crippen LogP contribution in [0.25, 0.3) is 0 Å². The van der Waals surface area contributed by atoms with Crippen molar-refractivity contribution in [1.29, 1.82) is 0 Å². The van der Waals surface area contributed by atoms with Gasteiger partial charge < -0.3 is 10.1 Å². The van der Waals surface area contributed by atoms with Gasteiger partial charge in [-0.25, -0.2) is 0 Å². The molecule has 1 N–H and O–H groups in total. The van der Waals surface area contributed by atoms with Crippen LogP contribution in [0.4, 0.5) is 5.00 Å². The lowest BCUT2D eigenvalue weighted by Crippen LogP contribution is -2.04. The number of rotatable bonds is 5. The molecule has 0 aliphatic carbocycles. The second-order valence-electron chi connectivity index (χ2n) is 4.52. The molecule has 0 aliphatic rings. The summed E-state index contributed by atoms with van der Waals surface area (Å²) in [6, 6.07) is 4.20. The Morgan fingerprint density at radius 3 is 2.68 bits per heavy atom. The van der Waals surface area contributed by atoms with Gasteiger partial charge in [-0.1, -0.05) is 16.6 Å². The van der Waals surface area contributed by atoms with Crippen LogP contribution >= 0.6 is 11.5 Å². The molecular formula is C14H19N3OS. The lowest BCUT2D eigenvalue weighted by molar-refractivity contribution is 0.297. The van der Waals surface area contributed by atoms with Gasteiger partial charge in [-0.3, -0.25) is 0 Å². The number of ether oxygens (including phenoxy) is 1. The van der Waals surface area contributed by atoms with Crippen LogP contribution in [0.5, 0.6) is 5.75 Å². The van der Waals surface area contributed by atoms with E-state index < -0.39 is 0 Å². The second kappa shape index (κ2) is 6.02. The highest BCUT2D eigenvalue weighted by molar-refractivity contribution is 7.10. The minimum Gasteiger partial charge on any atom is -0.487 e. The largest absolute Gasteiger partial charge is 0.487 e. The minimum absolute atomic E-state index is 0.448. The zero-order valence-electron chi connectivity index (χ0n) is 11.8. The van der Waals surface area contributed by atoms with Crippen LogP contribution in [0, 0.1) is 20.8 Å². The van der Waals surface area contributed by atoms with Crippen LogP contribution < -0.4 is 10.1 Å². The number of benzene rings is 1. The third-order valence-corrected chi connectivity index (χ3v) is 3.85. The Balaban J connectivity index is 2.14. The smallest absolute Gasteiger partial charge is 0.136 e. The lowest BCUT2D eigenvalue weighted by Gasteiger charge is -2.13. The van der Waals surface area contributed by atoms with E-state index in [1.807, 2.05) is 0 Å². The van der Waals surface area contributed by atoms with Gasteiger partial charge in [0.2, 0.25) is 0 Å². The van der Waals surface area contributed by atoms with E-state index in [2.05, 4.69) is 54.7 Å². The fourth-order valence-corrected chi connectivity index (χ4v) is 2.52. The number of anilines is 1. The molecule has 0 saturated carbocycles. The topological polar surface area (TPSA) is 47.0 Å². The van der Waals surface area contributed by atoms with Gasteiger partial charge in [0.05, 0.1) is 0 Å². The van der Waals surface area contributed by atoms with E-state index in [-0.39, 0.29) is 0 Å². The van der Waals surface area contributed by atoms with E-state index in [1.54, 1.807) is 0 Å². The molecule has 0 radical (unpaired) electrons. The van der Waals surface area contributed by atoms with Crippen LogP contribution in [0.1, 0.15) is 29.3 Å².